The molecule has 0 spiro atoms. The van der Waals surface area contributed by atoms with Crippen LogP contribution in [0.15, 0.2) is 0 Å². The summed E-state index contributed by atoms with van der Waals surface area (Å²) in [5.74, 6) is 0. The van der Waals surface area contributed by atoms with E-state index in [1.165, 1.54) is 0 Å². The van der Waals surface area contributed by atoms with Crippen LogP contribution in [0, 0.1) is 6.61 Å². The highest BCUT2D eigenvalue weighted by molar-refractivity contribution is 4.48. The Morgan fingerprint density at radius 2 is 2.60 bits per heavy atom. The Morgan fingerprint density at radius 3 is 2.80 bits per heavy atom. The lowest BCUT2D eigenvalue weighted by atomic mass is 10.5. The van der Waals surface area contributed by atoms with Crippen molar-refractivity contribution in [3.05, 3.63) is 6.61 Å². The molecule has 1 aliphatic rings. The van der Waals surface area contributed by atoms with Crippen LogP contribution in [0.2, 0.25) is 0 Å². The highest BCUT2D eigenvalue weighted by atomic mass is 17.2. The predicted octanol–water partition coefficient (Wildman–Crippen LogP) is 0.377. The highest BCUT2D eigenvalue weighted by Crippen LogP contribution is 1.99. The normalized spacial score (nSPS) is 24.0. The van der Waals surface area contributed by atoms with Gasteiger partial charge in [0.2, 0.25) is 0 Å². The molecule has 2 radical (unpaired) electrons. The smallest absolute Gasteiger partial charge is 0.176 e. The van der Waals surface area contributed by atoms with Gasteiger partial charge < -0.3 is 0 Å². The van der Waals surface area contributed by atoms with Gasteiger partial charge in [0.05, 0.1) is 6.61 Å². The summed E-state index contributed by atoms with van der Waals surface area (Å²) in [7, 11) is 0. The van der Waals surface area contributed by atoms with Crippen LogP contribution >= 0.6 is 0 Å². The molecule has 5 heavy (non-hydrogen) atoms. The standard InChI is InChI=1S/C3H4O2/c1-2-4-5-3-1/h1-2H2. The van der Waals surface area contributed by atoms with Gasteiger partial charge in [0.15, 0.2) is 6.61 Å². The molecule has 2 nitrogen and oxygen atoms in total. The molecule has 1 saturated heterocycles. The second-order valence-corrected chi connectivity index (χ2v) is 0.800. The summed E-state index contributed by atoms with van der Waals surface area (Å²) in [5.41, 5.74) is 0. The Bertz CT molecular complexity index is 16.5. The molecule has 1 aliphatic heterocycles. The van der Waals surface area contributed by atoms with Crippen molar-refractivity contribution in [1.82, 2.24) is 0 Å². The van der Waals surface area contributed by atoms with Crippen molar-refractivity contribution in [2.75, 3.05) is 6.61 Å². The minimum absolute atomic E-state index is 0.667. The second kappa shape index (κ2) is 1.38. The van der Waals surface area contributed by atoms with Gasteiger partial charge in [-0.25, -0.2) is 9.78 Å². The van der Waals surface area contributed by atoms with Crippen LogP contribution in [-0.4, -0.2) is 6.61 Å². The van der Waals surface area contributed by atoms with Gasteiger partial charge >= 0.3 is 0 Å². The molecule has 0 bridgehead atoms. The summed E-state index contributed by atoms with van der Waals surface area (Å²) in [5, 5.41) is 0. The molecule has 1 rings (SSSR count). The van der Waals surface area contributed by atoms with Crippen LogP contribution in [-0.2, 0) is 9.78 Å². The molecule has 0 aromatic carbocycles. The van der Waals surface area contributed by atoms with E-state index in [2.05, 4.69) is 16.4 Å². The van der Waals surface area contributed by atoms with Crippen LogP contribution < -0.4 is 0 Å². The molecule has 0 N–H and O–H groups in total. The van der Waals surface area contributed by atoms with E-state index in [0.717, 1.165) is 6.42 Å². The van der Waals surface area contributed by atoms with E-state index >= 15 is 0 Å². The SMILES string of the molecule is [C]1CCOO1. The van der Waals surface area contributed by atoms with E-state index in [-0.39, 0.29) is 0 Å². The third kappa shape index (κ3) is 0.597. The van der Waals surface area contributed by atoms with Crippen molar-refractivity contribution in [3.63, 3.8) is 0 Å². The molecular formula is C3H4O2. The molecular weight excluding hydrogens is 68.0 g/mol. The Balaban J connectivity index is 2.08. The molecule has 0 unspecified atom stereocenters. The highest BCUT2D eigenvalue weighted by Gasteiger charge is 1.98. The van der Waals surface area contributed by atoms with Crippen LogP contribution in [0.25, 0.3) is 0 Å². The molecule has 2 heteroatoms. The molecule has 0 amide bonds. The van der Waals surface area contributed by atoms with Crippen molar-refractivity contribution in [2.45, 2.75) is 6.42 Å². The van der Waals surface area contributed by atoms with Crippen molar-refractivity contribution in [3.8, 4) is 0 Å². The lowest BCUT2D eigenvalue weighted by Gasteiger charge is -1.76. The zero-order chi connectivity index (χ0) is 3.54. The average molecular weight is 72.1 g/mol. The van der Waals surface area contributed by atoms with Gasteiger partial charge in [-0.2, -0.15) is 0 Å². The van der Waals surface area contributed by atoms with E-state index in [1.54, 1.807) is 0 Å². The predicted molar refractivity (Wildman–Crippen MR) is 14.9 cm³/mol. The molecule has 0 aliphatic carbocycles. The van der Waals surface area contributed by atoms with Crippen LogP contribution in [0.3, 0.4) is 0 Å². The Kier molecular flexibility index (Phi) is 0.862. The van der Waals surface area contributed by atoms with Gasteiger partial charge in [0.25, 0.3) is 0 Å². The lowest BCUT2D eigenvalue weighted by molar-refractivity contribution is -0.227. The van der Waals surface area contributed by atoms with Crippen LogP contribution in [0.1, 0.15) is 6.42 Å². The van der Waals surface area contributed by atoms with Gasteiger partial charge in [-0.1, -0.05) is 0 Å². The summed E-state index contributed by atoms with van der Waals surface area (Å²) in [6.45, 7) is 3.17. The van der Waals surface area contributed by atoms with E-state index in [4.69, 9.17) is 0 Å². The zero-order valence-electron chi connectivity index (χ0n) is 2.73. The summed E-state index contributed by atoms with van der Waals surface area (Å²) in [6, 6.07) is 0. The van der Waals surface area contributed by atoms with E-state index in [0.29, 0.717) is 6.61 Å². The van der Waals surface area contributed by atoms with E-state index in [1.807, 2.05) is 0 Å². The monoisotopic (exact) mass is 72.0 g/mol. The minimum atomic E-state index is 0.667. The summed E-state index contributed by atoms with van der Waals surface area (Å²) in [4.78, 5) is 8.53. The topological polar surface area (TPSA) is 18.5 Å². The zero-order valence-corrected chi connectivity index (χ0v) is 2.73. The molecule has 0 atom stereocenters. The van der Waals surface area contributed by atoms with Gasteiger partial charge in [-0.3, -0.25) is 0 Å². The van der Waals surface area contributed by atoms with Gasteiger partial charge in [0.1, 0.15) is 0 Å². The first-order valence-electron chi connectivity index (χ1n) is 1.51. The number of rotatable bonds is 0. The Labute approximate surface area is 30.6 Å². The van der Waals surface area contributed by atoms with Gasteiger partial charge in [0, 0.05) is 6.42 Å². The maximum atomic E-state index is 4.33. The largest absolute Gasteiger partial charge is 0.236 e. The first-order chi connectivity index (χ1) is 2.50. The van der Waals surface area contributed by atoms with E-state index in [9.17, 15) is 0 Å². The van der Waals surface area contributed by atoms with Gasteiger partial charge in [-0.05, 0) is 0 Å². The molecule has 0 saturated carbocycles. The molecule has 0 aromatic heterocycles. The fourth-order valence-corrected chi connectivity index (χ4v) is 0.208. The van der Waals surface area contributed by atoms with Crippen molar-refractivity contribution in [1.29, 1.82) is 0 Å². The average Bonchev–Trinajstić information content (AvgIpc) is 1.76. The first-order valence-corrected chi connectivity index (χ1v) is 1.51. The third-order valence-corrected chi connectivity index (χ3v) is 0.405. The van der Waals surface area contributed by atoms with E-state index < -0.39 is 0 Å². The van der Waals surface area contributed by atoms with Crippen LogP contribution in [0.4, 0.5) is 0 Å². The van der Waals surface area contributed by atoms with Crippen molar-refractivity contribution in [2.24, 2.45) is 0 Å². The summed E-state index contributed by atoms with van der Waals surface area (Å²) >= 11 is 0. The Morgan fingerprint density at radius 1 is 1.60 bits per heavy atom. The maximum absolute atomic E-state index is 4.33. The van der Waals surface area contributed by atoms with Crippen LogP contribution in [0.5, 0.6) is 0 Å². The Hall–Kier alpha value is -0.0800. The minimum Gasteiger partial charge on any atom is -0.236 e. The summed E-state index contributed by atoms with van der Waals surface area (Å²) < 4.78 is 0. The lowest BCUT2D eigenvalue weighted by Crippen LogP contribution is -1.71. The quantitative estimate of drug-likeness (QED) is 0.385. The molecule has 1 fully saturated rings. The van der Waals surface area contributed by atoms with Crippen molar-refractivity contribution < 1.29 is 9.78 Å². The maximum Gasteiger partial charge on any atom is 0.176 e. The van der Waals surface area contributed by atoms with Crippen molar-refractivity contribution >= 4 is 0 Å². The fourth-order valence-electron chi connectivity index (χ4n) is 0.208. The fraction of sp³-hybridized carbons (Fsp3) is 0.667. The first kappa shape index (κ1) is 3.12. The number of hydrogen-bond donors (Lipinski definition) is 0. The molecule has 0 aromatic rings. The molecule has 1 heterocycles. The molecule has 28 valence electrons. The second-order valence-electron chi connectivity index (χ2n) is 0.800. The summed E-state index contributed by atoms with van der Waals surface area (Å²) in [6.07, 6.45) is 0.806. The third-order valence-electron chi connectivity index (χ3n) is 0.405. The van der Waals surface area contributed by atoms with Gasteiger partial charge in [-0.15, -0.1) is 0 Å². The number of hydrogen-bond acceptors (Lipinski definition) is 2.